The first-order valence-corrected chi connectivity index (χ1v) is 6.44. The van der Waals surface area contributed by atoms with Crippen LogP contribution in [0.25, 0.3) is 0 Å². The molecule has 0 saturated carbocycles. The highest BCUT2D eigenvalue weighted by atomic mass is 16.5. The number of ether oxygens (including phenoxy) is 1. The molecule has 1 aromatic heterocycles. The van der Waals surface area contributed by atoms with Crippen LogP contribution in [0, 0.1) is 5.92 Å². The van der Waals surface area contributed by atoms with Gasteiger partial charge in [-0.15, -0.1) is 0 Å². The zero-order valence-electron chi connectivity index (χ0n) is 11.2. The van der Waals surface area contributed by atoms with E-state index in [-0.39, 0.29) is 5.97 Å². The van der Waals surface area contributed by atoms with Crippen molar-refractivity contribution < 1.29 is 9.53 Å². The summed E-state index contributed by atoms with van der Waals surface area (Å²) in [6, 6.07) is 3.97. The Labute approximate surface area is 108 Å². The van der Waals surface area contributed by atoms with E-state index in [9.17, 15) is 4.79 Å². The average Bonchev–Trinajstić information content (AvgIpc) is 2.41. The average molecular weight is 248 g/mol. The van der Waals surface area contributed by atoms with Gasteiger partial charge in [-0.05, 0) is 37.8 Å². The van der Waals surface area contributed by atoms with E-state index < -0.39 is 0 Å². The molecule has 1 aliphatic heterocycles. The Morgan fingerprint density at radius 1 is 1.50 bits per heavy atom. The molecule has 0 aromatic carbocycles. The molecular weight excluding hydrogens is 228 g/mol. The molecule has 0 N–H and O–H groups in total. The van der Waals surface area contributed by atoms with Gasteiger partial charge in [0, 0.05) is 18.8 Å². The number of pyridine rings is 1. The van der Waals surface area contributed by atoms with Crippen molar-refractivity contribution in [1.29, 1.82) is 0 Å². The molecule has 0 bridgehead atoms. The van der Waals surface area contributed by atoms with Gasteiger partial charge in [-0.1, -0.05) is 6.92 Å². The fraction of sp³-hybridized carbons (Fsp3) is 0.571. The van der Waals surface area contributed by atoms with Crippen LogP contribution < -0.4 is 4.90 Å². The Hall–Kier alpha value is -1.58. The number of carbonyl (C=O) groups is 1. The maximum absolute atomic E-state index is 11.5. The first-order chi connectivity index (χ1) is 8.63. The summed E-state index contributed by atoms with van der Waals surface area (Å²) in [5.74, 6) is 1.22. The Morgan fingerprint density at radius 3 is 3.00 bits per heavy atom. The minimum Gasteiger partial charge on any atom is -0.465 e. The molecule has 0 radical (unpaired) electrons. The number of aromatic nitrogens is 1. The minimum atomic E-state index is -0.309. The van der Waals surface area contributed by atoms with Crippen molar-refractivity contribution in [2.45, 2.75) is 32.7 Å². The van der Waals surface area contributed by atoms with E-state index >= 15 is 0 Å². The second-order valence-corrected chi connectivity index (χ2v) is 4.95. The van der Waals surface area contributed by atoms with Crippen molar-refractivity contribution in [2.75, 3.05) is 18.6 Å². The molecule has 1 aliphatic rings. The lowest BCUT2D eigenvalue weighted by Gasteiger charge is -2.38. The lowest BCUT2D eigenvalue weighted by molar-refractivity contribution is 0.0600. The molecule has 1 aromatic rings. The maximum atomic E-state index is 11.5. The summed E-state index contributed by atoms with van der Waals surface area (Å²) >= 11 is 0. The van der Waals surface area contributed by atoms with Crippen molar-refractivity contribution in [3.05, 3.63) is 23.9 Å². The van der Waals surface area contributed by atoms with E-state index in [2.05, 4.69) is 23.7 Å². The predicted molar refractivity (Wildman–Crippen MR) is 70.8 cm³/mol. The van der Waals surface area contributed by atoms with E-state index in [1.165, 1.54) is 20.0 Å². The van der Waals surface area contributed by atoms with Gasteiger partial charge < -0.3 is 9.64 Å². The molecule has 0 aliphatic carbocycles. The number of anilines is 1. The van der Waals surface area contributed by atoms with Crippen LogP contribution in [0.3, 0.4) is 0 Å². The molecular formula is C14H20N2O2. The Balaban J connectivity index is 2.25. The van der Waals surface area contributed by atoms with Gasteiger partial charge in [0.15, 0.2) is 0 Å². The highest BCUT2D eigenvalue weighted by Gasteiger charge is 2.26. The minimum absolute atomic E-state index is 0.309. The molecule has 2 atom stereocenters. The van der Waals surface area contributed by atoms with Crippen LogP contribution in [0.5, 0.6) is 0 Å². The van der Waals surface area contributed by atoms with Crippen LogP contribution in [0.1, 0.15) is 37.0 Å². The summed E-state index contributed by atoms with van der Waals surface area (Å²) in [5, 5.41) is 0. The summed E-state index contributed by atoms with van der Waals surface area (Å²) < 4.78 is 4.74. The molecule has 98 valence electrons. The van der Waals surface area contributed by atoms with Gasteiger partial charge in [0.05, 0.1) is 12.7 Å². The third-order valence-electron chi connectivity index (χ3n) is 3.83. The predicted octanol–water partition coefficient (Wildman–Crippen LogP) is 2.49. The summed E-state index contributed by atoms with van der Waals surface area (Å²) in [5.41, 5.74) is 0.563. The molecule has 4 nitrogen and oxygen atoms in total. The van der Waals surface area contributed by atoms with Gasteiger partial charge in [-0.2, -0.15) is 0 Å². The maximum Gasteiger partial charge on any atom is 0.338 e. The number of rotatable bonds is 2. The first kappa shape index (κ1) is 12.9. The smallest absolute Gasteiger partial charge is 0.338 e. The molecule has 4 heteroatoms. The topological polar surface area (TPSA) is 42.4 Å². The quantitative estimate of drug-likeness (QED) is 0.754. The van der Waals surface area contributed by atoms with Crippen LogP contribution in [0.4, 0.5) is 5.82 Å². The molecule has 2 heterocycles. The lowest BCUT2D eigenvalue weighted by atomic mass is 9.92. The van der Waals surface area contributed by atoms with E-state index in [1.54, 1.807) is 12.3 Å². The van der Waals surface area contributed by atoms with Crippen LogP contribution in [-0.4, -0.2) is 30.6 Å². The number of esters is 1. The number of piperidine rings is 1. The normalized spacial score (nSPS) is 23.8. The molecule has 0 amide bonds. The monoisotopic (exact) mass is 248 g/mol. The van der Waals surface area contributed by atoms with Crippen molar-refractivity contribution in [3.63, 3.8) is 0 Å². The molecule has 0 spiro atoms. The number of nitrogens with zero attached hydrogens (tertiary/aromatic N) is 2. The summed E-state index contributed by atoms with van der Waals surface area (Å²) in [6.45, 7) is 5.49. The zero-order chi connectivity index (χ0) is 13.1. The van der Waals surface area contributed by atoms with Gasteiger partial charge in [0.1, 0.15) is 5.82 Å². The van der Waals surface area contributed by atoms with Crippen LogP contribution in [0.15, 0.2) is 18.3 Å². The van der Waals surface area contributed by atoms with E-state index in [0.717, 1.165) is 12.4 Å². The van der Waals surface area contributed by atoms with Crippen molar-refractivity contribution in [2.24, 2.45) is 5.92 Å². The third-order valence-corrected chi connectivity index (χ3v) is 3.83. The van der Waals surface area contributed by atoms with Crippen molar-refractivity contribution in [1.82, 2.24) is 4.98 Å². The Kier molecular flexibility index (Phi) is 3.84. The fourth-order valence-electron chi connectivity index (χ4n) is 2.48. The van der Waals surface area contributed by atoms with Crippen LogP contribution in [-0.2, 0) is 4.74 Å². The molecule has 1 saturated heterocycles. The fourth-order valence-corrected chi connectivity index (χ4v) is 2.48. The standard InChI is InChI=1S/C14H20N2O2/c1-10-5-4-8-16(11(10)2)13-9-12(6-7-15-13)14(17)18-3/h6-7,9-11H,4-5,8H2,1-3H3. The largest absolute Gasteiger partial charge is 0.465 e. The second kappa shape index (κ2) is 5.38. The third kappa shape index (κ3) is 2.47. The lowest BCUT2D eigenvalue weighted by Crippen LogP contribution is -2.42. The Bertz CT molecular complexity index is 434. The SMILES string of the molecule is COC(=O)c1ccnc(N2CCCC(C)C2C)c1. The van der Waals surface area contributed by atoms with Crippen molar-refractivity contribution >= 4 is 11.8 Å². The summed E-state index contributed by atoms with van der Waals surface area (Å²) in [6.07, 6.45) is 4.11. The van der Waals surface area contributed by atoms with Gasteiger partial charge >= 0.3 is 5.97 Å². The molecule has 2 unspecified atom stereocenters. The first-order valence-electron chi connectivity index (χ1n) is 6.44. The van der Waals surface area contributed by atoms with E-state index in [1.807, 2.05) is 6.07 Å². The second-order valence-electron chi connectivity index (χ2n) is 4.95. The number of hydrogen-bond acceptors (Lipinski definition) is 4. The highest BCUT2D eigenvalue weighted by Crippen LogP contribution is 2.27. The molecule has 18 heavy (non-hydrogen) atoms. The number of methoxy groups -OCH3 is 1. The number of carbonyl (C=O) groups excluding carboxylic acids is 1. The highest BCUT2D eigenvalue weighted by molar-refractivity contribution is 5.90. The number of hydrogen-bond donors (Lipinski definition) is 0. The zero-order valence-corrected chi connectivity index (χ0v) is 11.2. The van der Waals surface area contributed by atoms with Gasteiger partial charge in [0.2, 0.25) is 0 Å². The van der Waals surface area contributed by atoms with E-state index in [0.29, 0.717) is 17.5 Å². The summed E-state index contributed by atoms with van der Waals surface area (Å²) in [4.78, 5) is 18.2. The molecule has 1 fully saturated rings. The summed E-state index contributed by atoms with van der Waals surface area (Å²) in [7, 11) is 1.40. The van der Waals surface area contributed by atoms with Gasteiger partial charge in [-0.25, -0.2) is 9.78 Å². The van der Waals surface area contributed by atoms with Gasteiger partial charge in [0.25, 0.3) is 0 Å². The Morgan fingerprint density at radius 2 is 2.28 bits per heavy atom. The van der Waals surface area contributed by atoms with E-state index in [4.69, 9.17) is 4.74 Å². The van der Waals surface area contributed by atoms with Crippen LogP contribution >= 0.6 is 0 Å². The van der Waals surface area contributed by atoms with Gasteiger partial charge in [-0.3, -0.25) is 0 Å². The van der Waals surface area contributed by atoms with Crippen LogP contribution in [0.2, 0.25) is 0 Å². The molecule has 2 rings (SSSR count). The van der Waals surface area contributed by atoms with Crippen molar-refractivity contribution in [3.8, 4) is 0 Å².